The summed E-state index contributed by atoms with van der Waals surface area (Å²) in [7, 11) is 0. The minimum atomic E-state index is -4.34. The van der Waals surface area contributed by atoms with Gasteiger partial charge in [-0.2, -0.15) is 28.1 Å². The molecule has 0 saturated carbocycles. The summed E-state index contributed by atoms with van der Waals surface area (Å²) < 4.78 is 38.1. The first-order chi connectivity index (χ1) is 14.3. The highest BCUT2D eigenvalue weighted by Crippen LogP contribution is 2.29. The third-order valence-corrected chi connectivity index (χ3v) is 4.71. The van der Waals surface area contributed by atoms with Gasteiger partial charge >= 0.3 is 6.18 Å². The summed E-state index contributed by atoms with van der Waals surface area (Å²) in [5, 5.41) is 6.38. The molecule has 0 amide bonds. The van der Waals surface area contributed by atoms with Gasteiger partial charge in [0.25, 0.3) is 0 Å². The third kappa shape index (κ3) is 5.25. The standard InChI is InChI=1S/C22H24F3N5/c1-4-16-7-6-8-17(5-2)19(16)29-21-28-14(3)27-20(30-21)26-13-15-9-11-18(12-10-15)22(23,24)25/h6-12H,4-5,13H2,1-3H3,(H2,26,27,28,29,30). The number of para-hydroxylation sites is 1. The zero-order valence-electron chi connectivity index (χ0n) is 17.1. The zero-order chi connectivity index (χ0) is 21.7. The lowest BCUT2D eigenvalue weighted by atomic mass is 10.0. The number of anilines is 3. The second-order valence-electron chi connectivity index (χ2n) is 6.86. The van der Waals surface area contributed by atoms with Gasteiger partial charge in [-0.3, -0.25) is 0 Å². The largest absolute Gasteiger partial charge is 0.416 e. The number of halogens is 3. The number of alkyl halides is 3. The Morgan fingerprint density at radius 2 is 1.43 bits per heavy atom. The minimum absolute atomic E-state index is 0.298. The predicted molar refractivity (Wildman–Crippen MR) is 112 cm³/mol. The van der Waals surface area contributed by atoms with Gasteiger partial charge in [-0.15, -0.1) is 0 Å². The van der Waals surface area contributed by atoms with Gasteiger partial charge in [0.2, 0.25) is 11.9 Å². The molecule has 2 aromatic carbocycles. The Hall–Kier alpha value is -3.16. The summed E-state index contributed by atoms with van der Waals surface area (Å²) in [6.45, 7) is 6.25. The molecule has 1 aromatic heterocycles. The van der Waals surface area contributed by atoms with Crippen molar-refractivity contribution in [2.24, 2.45) is 0 Å². The van der Waals surface area contributed by atoms with Gasteiger partial charge in [0.15, 0.2) is 0 Å². The van der Waals surface area contributed by atoms with Crippen LogP contribution in [-0.2, 0) is 25.6 Å². The molecule has 0 saturated heterocycles. The first-order valence-electron chi connectivity index (χ1n) is 9.80. The first kappa shape index (κ1) is 21.5. The monoisotopic (exact) mass is 415 g/mol. The lowest BCUT2D eigenvalue weighted by Gasteiger charge is -2.15. The van der Waals surface area contributed by atoms with Crippen molar-refractivity contribution in [2.75, 3.05) is 10.6 Å². The van der Waals surface area contributed by atoms with Gasteiger partial charge in [0, 0.05) is 12.2 Å². The van der Waals surface area contributed by atoms with Crippen LogP contribution < -0.4 is 10.6 Å². The molecular weight excluding hydrogens is 391 g/mol. The fourth-order valence-corrected chi connectivity index (χ4v) is 3.12. The Morgan fingerprint density at radius 3 is 2.00 bits per heavy atom. The molecule has 8 heteroatoms. The van der Waals surface area contributed by atoms with E-state index in [9.17, 15) is 13.2 Å². The van der Waals surface area contributed by atoms with Crippen molar-refractivity contribution in [3.8, 4) is 0 Å². The number of rotatable bonds is 7. The van der Waals surface area contributed by atoms with Crippen LogP contribution in [0.15, 0.2) is 42.5 Å². The second kappa shape index (κ2) is 9.11. The Kier molecular flexibility index (Phi) is 6.54. The number of aromatic nitrogens is 3. The lowest BCUT2D eigenvalue weighted by Crippen LogP contribution is -2.10. The number of benzene rings is 2. The molecule has 0 bridgehead atoms. The van der Waals surface area contributed by atoms with Gasteiger partial charge in [0.1, 0.15) is 5.82 Å². The molecule has 0 aliphatic rings. The summed E-state index contributed by atoms with van der Waals surface area (Å²) in [5.41, 5.74) is 3.37. The summed E-state index contributed by atoms with van der Waals surface area (Å²) in [4.78, 5) is 13.1. The van der Waals surface area contributed by atoms with Crippen LogP contribution in [0.25, 0.3) is 0 Å². The highest BCUT2D eigenvalue weighted by Gasteiger charge is 2.29. The van der Waals surface area contributed by atoms with E-state index in [2.05, 4.69) is 51.6 Å². The van der Waals surface area contributed by atoms with Crippen molar-refractivity contribution in [2.45, 2.75) is 46.3 Å². The summed E-state index contributed by atoms with van der Waals surface area (Å²) in [5.74, 6) is 1.32. The second-order valence-corrected chi connectivity index (χ2v) is 6.86. The molecule has 0 unspecified atom stereocenters. The van der Waals surface area contributed by atoms with Crippen LogP contribution in [0.2, 0.25) is 0 Å². The zero-order valence-corrected chi connectivity index (χ0v) is 17.1. The first-order valence-corrected chi connectivity index (χ1v) is 9.80. The molecule has 0 aliphatic heterocycles. The Morgan fingerprint density at radius 1 is 0.833 bits per heavy atom. The van der Waals surface area contributed by atoms with E-state index in [0.29, 0.717) is 29.8 Å². The number of nitrogens with zero attached hydrogens (tertiary/aromatic N) is 3. The molecule has 1 heterocycles. The van der Waals surface area contributed by atoms with Crippen LogP contribution in [0.3, 0.4) is 0 Å². The molecule has 158 valence electrons. The fraction of sp³-hybridized carbons (Fsp3) is 0.318. The third-order valence-electron chi connectivity index (χ3n) is 4.71. The molecule has 2 N–H and O–H groups in total. The smallest absolute Gasteiger partial charge is 0.350 e. The van der Waals surface area contributed by atoms with Crippen LogP contribution in [-0.4, -0.2) is 15.0 Å². The molecule has 30 heavy (non-hydrogen) atoms. The molecule has 0 spiro atoms. The molecular formula is C22H24F3N5. The molecule has 3 aromatic rings. The van der Waals surface area contributed by atoms with Gasteiger partial charge < -0.3 is 10.6 Å². The molecule has 3 rings (SSSR count). The average molecular weight is 415 g/mol. The topological polar surface area (TPSA) is 62.7 Å². The number of nitrogens with one attached hydrogen (secondary N) is 2. The van der Waals surface area contributed by atoms with Crippen molar-refractivity contribution in [1.82, 2.24) is 15.0 Å². The van der Waals surface area contributed by atoms with Gasteiger partial charge in [-0.1, -0.05) is 44.2 Å². The maximum Gasteiger partial charge on any atom is 0.416 e. The lowest BCUT2D eigenvalue weighted by molar-refractivity contribution is -0.137. The number of hydrogen-bond donors (Lipinski definition) is 2. The number of aryl methyl sites for hydroxylation is 3. The minimum Gasteiger partial charge on any atom is -0.350 e. The van der Waals surface area contributed by atoms with Crippen molar-refractivity contribution in [1.29, 1.82) is 0 Å². The van der Waals surface area contributed by atoms with Crippen molar-refractivity contribution >= 4 is 17.6 Å². The van der Waals surface area contributed by atoms with Crippen molar-refractivity contribution in [3.63, 3.8) is 0 Å². The van der Waals surface area contributed by atoms with Gasteiger partial charge in [-0.05, 0) is 48.6 Å². The van der Waals surface area contributed by atoms with Gasteiger partial charge in [0.05, 0.1) is 5.56 Å². The van der Waals surface area contributed by atoms with E-state index in [4.69, 9.17) is 0 Å². The summed E-state index contributed by atoms with van der Waals surface area (Å²) >= 11 is 0. The van der Waals surface area contributed by atoms with E-state index < -0.39 is 11.7 Å². The van der Waals surface area contributed by atoms with E-state index in [0.717, 1.165) is 30.7 Å². The Labute approximate surface area is 173 Å². The van der Waals surface area contributed by atoms with E-state index in [-0.39, 0.29) is 0 Å². The SMILES string of the molecule is CCc1cccc(CC)c1Nc1nc(C)nc(NCc2ccc(C(F)(F)F)cc2)n1. The van der Waals surface area contributed by atoms with Crippen LogP contribution in [0, 0.1) is 6.92 Å². The van der Waals surface area contributed by atoms with E-state index in [1.165, 1.54) is 23.3 Å². The Balaban J connectivity index is 1.76. The summed E-state index contributed by atoms with van der Waals surface area (Å²) in [6, 6.07) is 11.2. The van der Waals surface area contributed by atoms with Crippen molar-refractivity contribution in [3.05, 3.63) is 70.5 Å². The maximum absolute atomic E-state index is 12.7. The highest BCUT2D eigenvalue weighted by molar-refractivity contribution is 5.64. The molecule has 0 radical (unpaired) electrons. The quantitative estimate of drug-likeness (QED) is 0.520. The van der Waals surface area contributed by atoms with E-state index in [1.54, 1.807) is 6.92 Å². The highest BCUT2D eigenvalue weighted by atomic mass is 19.4. The number of hydrogen-bond acceptors (Lipinski definition) is 5. The maximum atomic E-state index is 12.7. The summed E-state index contributed by atoms with van der Waals surface area (Å²) in [6.07, 6.45) is -2.59. The van der Waals surface area contributed by atoms with Crippen LogP contribution in [0.5, 0.6) is 0 Å². The van der Waals surface area contributed by atoms with Gasteiger partial charge in [-0.25, -0.2) is 0 Å². The van der Waals surface area contributed by atoms with E-state index in [1.807, 2.05) is 6.07 Å². The van der Waals surface area contributed by atoms with E-state index >= 15 is 0 Å². The average Bonchev–Trinajstić information content (AvgIpc) is 2.71. The van der Waals surface area contributed by atoms with Crippen LogP contribution in [0.4, 0.5) is 30.8 Å². The normalized spacial score (nSPS) is 11.4. The molecule has 0 fully saturated rings. The Bertz CT molecular complexity index is 978. The predicted octanol–water partition coefficient (Wildman–Crippen LogP) is 5.68. The fourth-order valence-electron chi connectivity index (χ4n) is 3.12. The van der Waals surface area contributed by atoms with Crippen LogP contribution in [0.1, 0.15) is 41.9 Å². The molecule has 0 atom stereocenters. The van der Waals surface area contributed by atoms with Crippen LogP contribution >= 0.6 is 0 Å². The molecule has 0 aliphatic carbocycles. The molecule has 5 nitrogen and oxygen atoms in total. The van der Waals surface area contributed by atoms with Crippen molar-refractivity contribution < 1.29 is 13.2 Å².